The van der Waals surface area contributed by atoms with Crippen LogP contribution in [-0.4, -0.2) is 28.7 Å². The number of nitrogens with one attached hydrogen (secondary N) is 3. The number of rotatable bonds is 7. The number of halogens is 1. The van der Waals surface area contributed by atoms with E-state index in [2.05, 4.69) is 28.1 Å². The highest BCUT2D eigenvalue weighted by Crippen LogP contribution is 2.30. The Morgan fingerprint density at radius 1 is 1.10 bits per heavy atom. The molecular formula is C23H28FN3O3. The fraction of sp³-hybridized carbons (Fsp3) is 0.391. The van der Waals surface area contributed by atoms with E-state index < -0.39 is 11.6 Å². The molecule has 30 heavy (non-hydrogen) atoms. The number of carbonyl (C=O) groups excluding carboxylic acids is 1. The largest absolute Gasteiger partial charge is 0.465 e. The molecule has 0 aliphatic heterocycles. The third-order valence-electron chi connectivity index (χ3n) is 5.78. The summed E-state index contributed by atoms with van der Waals surface area (Å²) in [6, 6.07) is 15.8. The van der Waals surface area contributed by atoms with Crippen LogP contribution in [0.1, 0.15) is 49.8 Å². The molecule has 1 unspecified atom stereocenters. The zero-order valence-corrected chi connectivity index (χ0v) is 17.0. The van der Waals surface area contributed by atoms with Crippen LogP contribution in [-0.2, 0) is 11.3 Å². The number of hydrogen-bond donors (Lipinski definition) is 4. The molecule has 0 heterocycles. The molecule has 1 atom stereocenters. The van der Waals surface area contributed by atoms with Crippen molar-refractivity contribution >= 4 is 12.0 Å². The highest BCUT2D eigenvalue weighted by Gasteiger charge is 2.43. The zero-order chi connectivity index (χ0) is 21.6. The fourth-order valence-electron chi connectivity index (χ4n) is 3.96. The maximum absolute atomic E-state index is 13.1. The minimum atomic E-state index is -1.21. The minimum absolute atomic E-state index is 0.219. The standard InChI is InChI=1S/C23H28FN3O3/c1-16(18-7-9-19(24)10-8-18)26-21(28)23(27-22(29)30)13-11-20(12-14-23)25-15-17-5-3-2-4-6-17/h2-10,16,20,25,27H,11-15H2,1H3,(H,26,28)(H,29,30). The normalized spacial score (nSPS) is 22.1. The van der Waals surface area contributed by atoms with E-state index in [4.69, 9.17) is 0 Å². The number of amides is 2. The molecule has 2 aromatic carbocycles. The Kier molecular flexibility index (Phi) is 7.05. The lowest BCUT2D eigenvalue weighted by molar-refractivity contribution is -0.129. The van der Waals surface area contributed by atoms with Gasteiger partial charge in [-0.25, -0.2) is 9.18 Å². The van der Waals surface area contributed by atoms with E-state index in [1.54, 1.807) is 19.1 Å². The molecule has 1 saturated carbocycles. The minimum Gasteiger partial charge on any atom is -0.465 e. The molecule has 2 amide bonds. The van der Waals surface area contributed by atoms with Gasteiger partial charge in [0.15, 0.2) is 0 Å². The van der Waals surface area contributed by atoms with E-state index in [0.29, 0.717) is 25.7 Å². The van der Waals surface area contributed by atoms with E-state index in [9.17, 15) is 19.1 Å². The predicted molar refractivity (Wildman–Crippen MR) is 112 cm³/mol. The molecule has 1 aliphatic carbocycles. The van der Waals surface area contributed by atoms with Crippen molar-refractivity contribution in [1.82, 2.24) is 16.0 Å². The number of carbonyl (C=O) groups is 2. The first-order valence-electron chi connectivity index (χ1n) is 10.2. The maximum atomic E-state index is 13.1. The van der Waals surface area contributed by atoms with E-state index in [1.165, 1.54) is 17.7 Å². The van der Waals surface area contributed by atoms with Crippen LogP contribution in [0, 0.1) is 5.82 Å². The Balaban J connectivity index is 1.61. The van der Waals surface area contributed by atoms with Crippen LogP contribution < -0.4 is 16.0 Å². The summed E-state index contributed by atoms with van der Waals surface area (Å²) in [5, 5.41) is 18.2. The SMILES string of the molecule is CC(NC(=O)C1(NC(=O)O)CCC(NCc2ccccc2)CC1)c1ccc(F)cc1. The quantitative estimate of drug-likeness (QED) is 0.557. The zero-order valence-electron chi connectivity index (χ0n) is 17.0. The number of carboxylic acid groups (broad SMARTS) is 1. The van der Waals surface area contributed by atoms with Crippen LogP contribution >= 0.6 is 0 Å². The molecule has 2 aromatic rings. The first-order valence-corrected chi connectivity index (χ1v) is 10.2. The summed E-state index contributed by atoms with van der Waals surface area (Å²) < 4.78 is 13.1. The maximum Gasteiger partial charge on any atom is 0.405 e. The van der Waals surface area contributed by atoms with Gasteiger partial charge in [-0.2, -0.15) is 0 Å². The van der Waals surface area contributed by atoms with Gasteiger partial charge in [0.05, 0.1) is 6.04 Å². The van der Waals surface area contributed by atoms with Crippen molar-refractivity contribution in [3.8, 4) is 0 Å². The molecular weight excluding hydrogens is 385 g/mol. The summed E-state index contributed by atoms with van der Waals surface area (Å²) in [5.74, 6) is -0.689. The van der Waals surface area contributed by atoms with Crippen molar-refractivity contribution in [2.24, 2.45) is 0 Å². The molecule has 0 bridgehead atoms. The van der Waals surface area contributed by atoms with Crippen molar-refractivity contribution in [1.29, 1.82) is 0 Å². The Bertz CT molecular complexity index is 850. The van der Waals surface area contributed by atoms with Crippen molar-refractivity contribution < 1.29 is 19.1 Å². The van der Waals surface area contributed by atoms with Gasteiger partial charge in [-0.15, -0.1) is 0 Å². The molecule has 0 radical (unpaired) electrons. The van der Waals surface area contributed by atoms with Crippen LogP contribution in [0.2, 0.25) is 0 Å². The van der Waals surface area contributed by atoms with Gasteiger partial charge in [-0.3, -0.25) is 4.79 Å². The van der Waals surface area contributed by atoms with Gasteiger partial charge in [0.2, 0.25) is 5.91 Å². The van der Waals surface area contributed by atoms with E-state index >= 15 is 0 Å². The fourth-order valence-corrected chi connectivity index (χ4v) is 3.96. The van der Waals surface area contributed by atoms with Gasteiger partial charge < -0.3 is 21.1 Å². The van der Waals surface area contributed by atoms with E-state index in [0.717, 1.165) is 12.1 Å². The Hall–Kier alpha value is -2.93. The molecule has 0 spiro atoms. The molecule has 6 nitrogen and oxygen atoms in total. The average Bonchev–Trinajstić information content (AvgIpc) is 2.74. The van der Waals surface area contributed by atoms with Gasteiger partial charge in [-0.1, -0.05) is 42.5 Å². The third-order valence-corrected chi connectivity index (χ3v) is 5.78. The van der Waals surface area contributed by atoms with Crippen molar-refractivity contribution in [3.05, 3.63) is 71.5 Å². The molecule has 3 rings (SSSR count). The first-order chi connectivity index (χ1) is 14.4. The second kappa shape index (κ2) is 9.71. The number of hydrogen-bond acceptors (Lipinski definition) is 3. The monoisotopic (exact) mass is 413 g/mol. The van der Waals surface area contributed by atoms with Crippen LogP contribution in [0.4, 0.5) is 9.18 Å². The van der Waals surface area contributed by atoms with Crippen molar-refractivity contribution in [3.63, 3.8) is 0 Å². The topological polar surface area (TPSA) is 90.5 Å². The molecule has 1 aliphatic rings. The summed E-state index contributed by atoms with van der Waals surface area (Å²) >= 11 is 0. The highest BCUT2D eigenvalue weighted by molar-refractivity contribution is 5.90. The van der Waals surface area contributed by atoms with E-state index in [1.807, 2.05) is 18.2 Å². The Morgan fingerprint density at radius 3 is 2.33 bits per heavy atom. The van der Waals surface area contributed by atoms with Crippen LogP contribution in [0.5, 0.6) is 0 Å². The molecule has 0 saturated heterocycles. The third kappa shape index (κ3) is 5.57. The van der Waals surface area contributed by atoms with E-state index in [-0.39, 0.29) is 23.8 Å². The lowest BCUT2D eigenvalue weighted by Crippen LogP contribution is -2.61. The van der Waals surface area contributed by atoms with Gasteiger partial charge in [0.1, 0.15) is 11.4 Å². The summed E-state index contributed by atoms with van der Waals surface area (Å²) in [7, 11) is 0. The Labute approximate surface area is 175 Å². The summed E-state index contributed by atoms with van der Waals surface area (Å²) in [6.07, 6.45) is 0.980. The Morgan fingerprint density at radius 2 is 1.73 bits per heavy atom. The molecule has 4 N–H and O–H groups in total. The number of benzene rings is 2. The molecule has 7 heteroatoms. The average molecular weight is 413 g/mol. The lowest BCUT2D eigenvalue weighted by atomic mass is 9.78. The molecule has 160 valence electrons. The smallest absolute Gasteiger partial charge is 0.405 e. The first kappa shape index (κ1) is 21.8. The van der Waals surface area contributed by atoms with Gasteiger partial charge in [0, 0.05) is 12.6 Å². The molecule has 1 fully saturated rings. The van der Waals surface area contributed by atoms with Crippen molar-refractivity contribution in [2.45, 2.75) is 56.8 Å². The van der Waals surface area contributed by atoms with Gasteiger partial charge in [0.25, 0.3) is 0 Å². The highest BCUT2D eigenvalue weighted by atomic mass is 19.1. The summed E-state index contributed by atoms with van der Waals surface area (Å²) in [5.41, 5.74) is 0.780. The van der Waals surface area contributed by atoms with Crippen LogP contribution in [0.15, 0.2) is 54.6 Å². The molecule has 0 aromatic heterocycles. The summed E-state index contributed by atoms with van der Waals surface area (Å²) in [6.45, 7) is 2.53. The second-order valence-corrected chi connectivity index (χ2v) is 7.90. The van der Waals surface area contributed by atoms with Crippen LogP contribution in [0.25, 0.3) is 0 Å². The van der Waals surface area contributed by atoms with Crippen molar-refractivity contribution in [2.75, 3.05) is 0 Å². The summed E-state index contributed by atoms with van der Waals surface area (Å²) in [4.78, 5) is 24.5. The second-order valence-electron chi connectivity index (χ2n) is 7.90. The van der Waals surface area contributed by atoms with Gasteiger partial charge >= 0.3 is 6.09 Å². The van der Waals surface area contributed by atoms with Crippen LogP contribution in [0.3, 0.4) is 0 Å². The predicted octanol–water partition coefficient (Wildman–Crippen LogP) is 3.74. The lowest BCUT2D eigenvalue weighted by Gasteiger charge is -2.39. The van der Waals surface area contributed by atoms with Gasteiger partial charge in [-0.05, 0) is 55.9 Å².